The van der Waals surface area contributed by atoms with Crippen molar-refractivity contribution < 1.29 is 19.1 Å². The van der Waals surface area contributed by atoms with Gasteiger partial charge in [0, 0.05) is 18.1 Å². The van der Waals surface area contributed by atoms with Crippen LogP contribution in [0, 0.1) is 11.8 Å². The van der Waals surface area contributed by atoms with E-state index in [1.165, 1.54) is 0 Å². The maximum atomic E-state index is 13.7. The number of carbonyl (C=O) groups excluding carboxylic acids is 3. The van der Waals surface area contributed by atoms with Gasteiger partial charge in [0.15, 0.2) is 0 Å². The van der Waals surface area contributed by atoms with Gasteiger partial charge >= 0.3 is 0 Å². The van der Waals surface area contributed by atoms with Crippen molar-refractivity contribution in [1.82, 2.24) is 15.5 Å². The number of rotatable bonds is 5. The van der Waals surface area contributed by atoms with E-state index in [-0.39, 0.29) is 35.8 Å². The lowest BCUT2D eigenvalue weighted by Crippen LogP contribution is -2.57. The Hall–Kier alpha value is -1.89. The molecule has 2 aliphatic carbocycles. The topological polar surface area (TPSA) is 87.7 Å². The second-order valence-corrected chi connectivity index (χ2v) is 10.6. The minimum absolute atomic E-state index is 0.112. The Bertz CT molecular complexity index is 814. The largest absolute Gasteiger partial charge is 0.356 e. The molecular weight excluding hydrogens is 394 g/mol. The molecule has 4 fully saturated rings. The summed E-state index contributed by atoms with van der Waals surface area (Å²) < 4.78 is 6.52. The molecule has 5 aliphatic rings. The molecule has 1 spiro atoms. The van der Waals surface area contributed by atoms with Crippen LogP contribution in [0.5, 0.6) is 0 Å². The summed E-state index contributed by atoms with van der Waals surface area (Å²) in [5.41, 5.74) is -1.94. The van der Waals surface area contributed by atoms with Crippen LogP contribution < -0.4 is 10.6 Å². The van der Waals surface area contributed by atoms with E-state index in [4.69, 9.17) is 4.74 Å². The maximum absolute atomic E-state index is 13.7. The zero-order chi connectivity index (χ0) is 22.0. The third-order valence-corrected chi connectivity index (χ3v) is 8.22. The van der Waals surface area contributed by atoms with Crippen LogP contribution in [0.4, 0.5) is 0 Å². The van der Waals surface area contributed by atoms with Crippen LogP contribution in [0.1, 0.15) is 72.1 Å². The maximum Gasteiger partial charge on any atom is 0.246 e. The van der Waals surface area contributed by atoms with Gasteiger partial charge < -0.3 is 20.3 Å². The number of likely N-dealkylation sites (tertiary alicyclic amines) is 1. The van der Waals surface area contributed by atoms with Crippen molar-refractivity contribution in [1.29, 1.82) is 0 Å². The number of amides is 3. The summed E-state index contributed by atoms with van der Waals surface area (Å²) in [7, 11) is 0. The Morgan fingerprint density at radius 2 is 1.55 bits per heavy atom. The van der Waals surface area contributed by atoms with E-state index in [1.807, 2.05) is 32.9 Å². The van der Waals surface area contributed by atoms with E-state index in [2.05, 4.69) is 10.6 Å². The Labute approximate surface area is 184 Å². The summed E-state index contributed by atoms with van der Waals surface area (Å²) in [5.74, 6) is -1.68. The van der Waals surface area contributed by atoms with Crippen molar-refractivity contribution in [3.8, 4) is 0 Å². The van der Waals surface area contributed by atoms with Gasteiger partial charge in [0.2, 0.25) is 17.7 Å². The van der Waals surface area contributed by atoms with Gasteiger partial charge in [-0.2, -0.15) is 0 Å². The summed E-state index contributed by atoms with van der Waals surface area (Å²) in [4.78, 5) is 42.3. The Kier molecular flexibility index (Phi) is 4.96. The molecule has 3 heterocycles. The molecule has 5 atom stereocenters. The summed E-state index contributed by atoms with van der Waals surface area (Å²) in [5, 5.41) is 6.37. The fraction of sp³-hybridized carbons (Fsp3) is 0.792. The quantitative estimate of drug-likeness (QED) is 0.655. The van der Waals surface area contributed by atoms with E-state index in [1.54, 1.807) is 4.90 Å². The number of nitrogens with zero attached hydrogens (tertiary/aromatic N) is 1. The van der Waals surface area contributed by atoms with E-state index >= 15 is 0 Å². The summed E-state index contributed by atoms with van der Waals surface area (Å²) in [6.45, 7) is 5.74. The van der Waals surface area contributed by atoms with Gasteiger partial charge in [-0.25, -0.2) is 0 Å². The molecule has 7 heteroatoms. The lowest BCUT2D eigenvalue weighted by Gasteiger charge is -2.35. The fourth-order valence-electron chi connectivity index (χ4n) is 6.84. The standard InChI is InChI=1S/C24H35N3O4/c1-14(2)27-19(21(29)26-16-10-6-7-11-16)24-13-12-23(3,31-24)17(18(24)22(27)30)20(28)25-15-8-4-5-9-15/h12-19H,4-11H2,1-3H3,(H,25,28)(H,26,29)/t17-,18+,19-,23+,24+/m0/s1. The highest BCUT2D eigenvalue weighted by molar-refractivity contribution is 6.00. The number of nitrogens with one attached hydrogen (secondary N) is 2. The minimum atomic E-state index is -1.07. The molecule has 0 radical (unpaired) electrons. The molecule has 0 aromatic heterocycles. The summed E-state index contributed by atoms with van der Waals surface area (Å²) in [6.07, 6.45) is 12.2. The molecule has 2 saturated heterocycles. The molecule has 31 heavy (non-hydrogen) atoms. The predicted molar refractivity (Wildman–Crippen MR) is 115 cm³/mol. The molecule has 2 saturated carbocycles. The van der Waals surface area contributed by atoms with Crippen LogP contribution in [0.3, 0.4) is 0 Å². The van der Waals surface area contributed by atoms with Crippen LogP contribution >= 0.6 is 0 Å². The molecule has 2 bridgehead atoms. The molecule has 0 aromatic carbocycles. The van der Waals surface area contributed by atoms with Crippen LogP contribution in [0.25, 0.3) is 0 Å². The second-order valence-electron chi connectivity index (χ2n) is 10.6. The SMILES string of the molecule is CC(C)N1C(=O)[C@H]2[C@@H](C(=O)NC3CCCC3)[C@@]3(C)C=C[C@]2(O3)[C@@H]1C(=O)NC1CCCC1. The van der Waals surface area contributed by atoms with Crippen LogP contribution in [-0.4, -0.2) is 58.0 Å². The lowest BCUT2D eigenvalue weighted by molar-refractivity contribution is -0.147. The highest BCUT2D eigenvalue weighted by atomic mass is 16.5. The molecule has 7 nitrogen and oxygen atoms in total. The first-order chi connectivity index (χ1) is 14.8. The van der Waals surface area contributed by atoms with Crippen molar-refractivity contribution in [3.05, 3.63) is 12.2 Å². The zero-order valence-electron chi connectivity index (χ0n) is 18.9. The van der Waals surface area contributed by atoms with Crippen molar-refractivity contribution in [3.63, 3.8) is 0 Å². The smallest absolute Gasteiger partial charge is 0.246 e. The van der Waals surface area contributed by atoms with E-state index in [0.717, 1.165) is 51.4 Å². The van der Waals surface area contributed by atoms with Crippen molar-refractivity contribution in [2.75, 3.05) is 0 Å². The molecule has 5 rings (SSSR count). The summed E-state index contributed by atoms with van der Waals surface area (Å²) >= 11 is 0. The molecule has 2 N–H and O–H groups in total. The highest BCUT2D eigenvalue weighted by Gasteiger charge is 2.76. The second kappa shape index (κ2) is 7.32. The monoisotopic (exact) mass is 429 g/mol. The van der Waals surface area contributed by atoms with Gasteiger partial charge in [0.05, 0.1) is 17.4 Å². The first-order valence-electron chi connectivity index (χ1n) is 12.1. The molecule has 170 valence electrons. The van der Waals surface area contributed by atoms with E-state index in [0.29, 0.717) is 0 Å². The molecular formula is C24H35N3O4. The Balaban J connectivity index is 1.47. The van der Waals surface area contributed by atoms with Gasteiger partial charge in [-0.05, 0) is 46.5 Å². The molecule has 0 unspecified atom stereocenters. The van der Waals surface area contributed by atoms with Crippen LogP contribution in [0.2, 0.25) is 0 Å². The van der Waals surface area contributed by atoms with Gasteiger partial charge in [-0.15, -0.1) is 0 Å². The summed E-state index contributed by atoms with van der Waals surface area (Å²) in [6, 6.07) is -0.567. The average molecular weight is 430 g/mol. The van der Waals surface area contributed by atoms with Gasteiger partial charge in [-0.1, -0.05) is 37.8 Å². The van der Waals surface area contributed by atoms with Gasteiger partial charge in [0.1, 0.15) is 11.6 Å². The minimum Gasteiger partial charge on any atom is -0.356 e. The van der Waals surface area contributed by atoms with Crippen LogP contribution in [0.15, 0.2) is 12.2 Å². The molecule has 3 aliphatic heterocycles. The van der Waals surface area contributed by atoms with Gasteiger partial charge in [-0.3, -0.25) is 14.4 Å². The number of hydrogen-bond donors (Lipinski definition) is 2. The number of fused-ring (bicyclic) bond motifs is 1. The first-order valence-corrected chi connectivity index (χ1v) is 12.1. The lowest BCUT2D eigenvalue weighted by atomic mass is 9.70. The van der Waals surface area contributed by atoms with Crippen molar-refractivity contribution >= 4 is 17.7 Å². The van der Waals surface area contributed by atoms with Crippen molar-refractivity contribution in [2.45, 2.75) is 108 Å². The molecule has 3 amide bonds. The highest BCUT2D eigenvalue weighted by Crippen LogP contribution is 2.60. The van der Waals surface area contributed by atoms with Gasteiger partial charge in [0.25, 0.3) is 0 Å². The molecule has 0 aromatic rings. The normalized spacial score (nSPS) is 39.7. The Morgan fingerprint density at radius 1 is 1.00 bits per heavy atom. The van der Waals surface area contributed by atoms with Crippen molar-refractivity contribution in [2.24, 2.45) is 11.8 Å². The Morgan fingerprint density at radius 3 is 2.10 bits per heavy atom. The third-order valence-electron chi connectivity index (χ3n) is 8.22. The first kappa shape index (κ1) is 21.0. The van der Waals surface area contributed by atoms with E-state index < -0.39 is 29.1 Å². The number of hydrogen-bond acceptors (Lipinski definition) is 4. The van der Waals surface area contributed by atoms with E-state index in [9.17, 15) is 14.4 Å². The number of ether oxygens (including phenoxy) is 1. The number of carbonyl (C=O) groups is 3. The fourth-order valence-corrected chi connectivity index (χ4v) is 6.84. The third kappa shape index (κ3) is 3.06. The average Bonchev–Trinajstić information content (AvgIpc) is 3.49. The van der Waals surface area contributed by atoms with Crippen LogP contribution in [-0.2, 0) is 19.1 Å². The zero-order valence-corrected chi connectivity index (χ0v) is 18.9. The predicted octanol–water partition coefficient (Wildman–Crippen LogP) is 2.05.